The third kappa shape index (κ3) is 4.15. The van der Waals surface area contributed by atoms with Crippen molar-refractivity contribution in [1.82, 2.24) is 9.55 Å². The van der Waals surface area contributed by atoms with Gasteiger partial charge in [-0.3, -0.25) is 0 Å². The molecular formula is C20H19ClN4O2. The molecule has 0 fully saturated rings. The molecule has 0 atom stereocenters. The van der Waals surface area contributed by atoms with Crippen molar-refractivity contribution in [3.8, 4) is 23.8 Å². The molecule has 0 unspecified atom stereocenters. The molecule has 0 bridgehead atoms. The number of rotatable bonds is 7. The van der Waals surface area contributed by atoms with Crippen LogP contribution in [0.4, 0.5) is 5.95 Å². The fourth-order valence-electron chi connectivity index (χ4n) is 2.59. The zero-order valence-corrected chi connectivity index (χ0v) is 15.8. The van der Waals surface area contributed by atoms with Crippen molar-refractivity contribution in [3.63, 3.8) is 0 Å². The first-order valence-corrected chi connectivity index (χ1v) is 8.75. The molecule has 0 amide bonds. The Balaban J connectivity index is 1.81. The average molecular weight is 383 g/mol. The molecule has 2 aromatic carbocycles. The van der Waals surface area contributed by atoms with Gasteiger partial charge in [-0.25, -0.2) is 10.4 Å². The lowest BCUT2D eigenvalue weighted by Crippen LogP contribution is -2.02. The molecule has 0 spiro atoms. The van der Waals surface area contributed by atoms with Crippen LogP contribution in [0.2, 0.25) is 5.02 Å². The molecule has 0 aliphatic heterocycles. The van der Waals surface area contributed by atoms with Crippen molar-refractivity contribution in [1.29, 1.82) is 0 Å². The van der Waals surface area contributed by atoms with Crippen LogP contribution in [0.5, 0.6) is 11.5 Å². The van der Waals surface area contributed by atoms with Crippen molar-refractivity contribution in [2.24, 2.45) is 12.1 Å². The normalized spacial score (nSPS) is 10.9. The quantitative estimate of drug-likeness (QED) is 0.380. The molecule has 0 saturated carbocycles. The SMILES string of the molecule is C#CCOc1c(Cl)cc(/C=N\Nc2nc3ccccc3n2C)cc1OCC. The van der Waals surface area contributed by atoms with Crippen molar-refractivity contribution in [2.45, 2.75) is 6.92 Å². The number of terminal acetylenes is 1. The molecule has 0 aliphatic rings. The van der Waals surface area contributed by atoms with Crippen LogP contribution in [0.1, 0.15) is 12.5 Å². The molecule has 0 aliphatic carbocycles. The number of halogens is 1. The molecule has 1 aromatic heterocycles. The molecule has 3 aromatic rings. The van der Waals surface area contributed by atoms with Gasteiger partial charge < -0.3 is 14.0 Å². The van der Waals surface area contributed by atoms with Gasteiger partial charge in [0.2, 0.25) is 5.95 Å². The minimum atomic E-state index is 0.113. The van der Waals surface area contributed by atoms with E-state index in [1.54, 1.807) is 18.3 Å². The van der Waals surface area contributed by atoms with E-state index in [2.05, 4.69) is 21.4 Å². The van der Waals surface area contributed by atoms with Crippen LogP contribution in [0, 0.1) is 12.3 Å². The van der Waals surface area contributed by atoms with Gasteiger partial charge in [-0.1, -0.05) is 29.7 Å². The number of nitrogens with one attached hydrogen (secondary N) is 1. The average Bonchev–Trinajstić information content (AvgIpc) is 2.98. The van der Waals surface area contributed by atoms with Gasteiger partial charge in [-0.05, 0) is 36.8 Å². The van der Waals surface area contributed by atoms with Crippen LogP contribution in [0.3, 0.4) is 0 Å². The summed E-state index contributed by atoms with van der Waals surface area (Å²) in [5, 5.41) is 4.66. The molecule has 6 nitrogen and oxygen atoms in total. The molecule has 3 rings (SSSR count). The molecule has 0 saturated heterocycles. The number of hydrogen-bond donors (Lipinski definition) is 1. The van der Waals surface area contributed by atoms with Crippen molar-refractivity contribution in [3.05, 3.63) is 47.0 Å². The van der Waals surface area contributed by atoms with Crippen LogP contribution in [0.15, 0.2) is 41.5 Å². The van der Waals surface area contributed by atoms with E-state index < -0.39 is 0 Å². The predicted octanol–water partition coefficient (Wildman–Crippen LogP) is 4.08. The van der Waals surface area contributed by atoms with Crippen LogP contribution in [-0.2, 0) is 7.05 Å². The van der Waals surface area contributed by atoms with Crippen LogP contribution >= 0.6 is 11.6 Å². The second-order valence-corrected chi connectivity index (χ2v) is 6.02. The lowest BCUT2D eigenvalue weighted by atomic mass is 10.2. The largest absolute Gasteiger partial charge is 0.490 e. The van der Waals surface area contributed by atoms with Gasteiger partial charge in [0.25, 0.3) is 0 Å². The minimum absolute atomic E-state index is 0.113. The highest BCUT2D eigenvalue weighted by Gasteiger charge is 2.12. The van der Waals surface area contributed by atoms with Gasteiger partial charge >= 0.3 is 0 Å². The lowest BCUT2D eigenvalue weighted by Gasteiger charge is -2.12. The Morgan fingerprint density at radius 1 is 1.33 bits per heavy atom. The number of benzene rings is 2. The van der Waals surface area contributed by atoms with Crippen molar-refractivity contribution in [2.75, 3.05) is 18.6 Å². The highest BCUT2D eigenvalue weighted by molar-refractivity contribution is 6.32. The first-order chi connectivity index (χ1) is 13.1. The van der Waals surface area contributed by atoms with E-state index in [9.17, 15) is 0 Å². The Hall–Kier alpha value is -3.17. The summed E-state index contributed by atoms with van der Waals surface area (Å²) in [6, 6.07) is 11.4. The highest BCUT2D eigenvalue weighted by Crippen LogP contribution is 2.36. The first-order valence-electron chi connectivity index (χ1n) is 8.37. The number of fused-ring (bicyclic) bond motifs is 1. The number of nitrogens with zero attached hydrogens (tertiary/aromatic N) is 3. The summed E-state index contributed by atoms with van der Waals surface area (Å²) < 4.78 is 13.0. The molecule has 1 N–H and O–H groups in total. The van der Waals surface area contributed by atoms with E-state index in [-0.39, 0.29) is 6.61 Å². The minimum Gasteiger partial charge on any atom is -0.490 e. The van der Waals surface area contributed by atoms with E-state index >= 15 is 0 Å². The molecule has 0 radical (unpaired) electrons. The van der Waals surface area contributed by atoms with Gasteiger partial charge in [-0.15, -0.1) is 6.42 Å². The topological polar surface area (TPSA) is 60.7 Å². The number of ether oxygens (including phenoxy) is 2. The highest BCUT2D eigenvalue weighted by atomic mass is 35.5. The second kappa shape index (κ2) is 8.47. The summed E-state index contributed by atoms with van der Waals surface area (Å²) in [5.41, 5.74) is 5.62. The summed E-state index contributed by atoms with van der Waals surface area (Å²) >= 11 is 6.31. The van der Waals surface area contributed by atoms with Crippen LogP contribution in [-0.4, -0.2) is 29.0 Å². The Labute approximate surface area is 162 Å². The third-order valence-electron chi connectivity index (χ3n) is 3.80. The molecule has 27 heavy (non-hydrogen) atoms. The molecule has 7 heteroatoms. The van der Waals surface area contributed by atoms with Gasteiger partial charge in [-0.2, -0.15) is 5.10 Å². The maximum Gasteiger partial charge on any atom is 0.224 e. The fourth-order valence-corrected chi connectivity index (χ4v) is 2.86. The zero-order chi connectivity index (χ0) is 19.2. The number of hydrogen-bond acceptors (Lipinski definition) is 5. The number of hydrazone groups is 1. The third-order valence-corrected chi connectivity index (χ3v) is 4.08. The maximum absolute atomic E-state index is 6.31. The van der Waals surface area contributed by atoms with Crippen LogP contribution in [0.25, 0.3) is 11.0 Å². The van der Waals surface area contributed by atoms with Gasteiger partial charge in [0.05, 0.1) is 28.9 Å². The smallest absolute Gasteiger partial charge is 0.224 e. The number of anilines is 1. The predicted molar refractivity (Wildman–Crippen MR) is 109 cm³/mol. The first kappa shape index (κ1) is 18.6. The number of para-hydroxylation sites is 2. The Morgan fingerprint density at radius 3 is 2.89 bits per heavy atom. The molecular weight excluding hydrogens is 364 g/mol. The van der Waals surface area contributed by atoms with Gasteiger partial charge in [0.15, 0.2) is 11.5 Å². The molecule has 138 valence electrons. The maximum atomic E-state index is 6.31. The van der Waals surface area contributed by atoms with E-state index in [0.717, 1.165) is 16.6 Å². The van der Waals surface area contributed by atoms with Gasteiger partial charge in [0.1, 0.15) is 6.61 Å². The Bertz CT molecular complexity index is 1020. The second-order valence-electron chi connectivity index (χ2n) is 5.61. The lowest BCUT2D eigenvalue weighted by molar-refractivity contribution is 0.299. The van der Waals surface area contributed by atoms with Crippen molar-refractivity contribution >= 4 is 34.8 Å². The number of aromatic nitrogens is 2. The van der Waals surface area contributed by atoms with E-state index in [4.69, 9.17) is 27.5 Å². The number of imidazole rings is 1. The summed E-state index contributed by atoms with van der Waals surface area (Å²) in [6.45, 7) is 2.47. The van der Waals surface area contributed by atoms with Crippen molar-refractivity contribution < 1.29 is 9.47 Å². The zero-order valence-electron chi connectivity index (χ0n) is 15.1. The summed E-state index contributed by atoms with van der Waals surface area (Å²) in [4.78, 5) is 4.50. The van der Waals surface area contributed by atoms with E-state index in [0.29, 0.717) is 29.1 Å². The van der Waals surface area contributed by atoms with E-state index in [1.807, 2.05) is 42.8 Å². The number of aryl methyl sites for hydroxylation is 1. The van der Waals surface area contributed by atoms with Gasteiger partial charge in [0, 0.05) is 7.05 Å². The Morgan fingerprint density at radius 2 is 2.15 bits per heavy atom. The van der Waals surface area contributed by atoms with Crippen LogP contribution < -0.4 is 14.9 Å². The Kier molecular flexibility index (Phi) is 5.84. The fraction of sp³-hybridized carbons (Fsp3) is 0.200. The summed E-state index contributed by atoms with van der Waals surface area (Å²) in [5.74, 6) is 4.00. The molecule has 1 heterocycles. The standard InChI is InChI=1S/C20H19ClN4O2/c1-4-10-27-19-15(21)11-14(12-18(19)26-5-2)13-22-24-20-23-16-8-6-7-9-17(16)25(20)3/h1,6-9,11-13H,5,10H2,2-3H3,(H,23,24)/b22-13-. The summed E-state index contributed by atoms with van der Waals surface area (Å²) in [7, 11) is 1.93. The summed E-state index contributed by atoms with van der Waals surface area (Å²) in [6.07, 6.45) is 6.88. The van der Waals surface area contributed by atoms with E-state index in [1.165, 1.54) is 0 Å². The monoisotopic (exact) mass is 382 g/mol.